The van der Waals surface area contributed by atoms with Crippen molar-refractivity contribution in [2.45, 2.75) is 77.0 Å². The van der Waals surface area contributed by atoms with E-state index in [4.69, 9.17) is 16.6 Å². The molecule has 0 saturated heterocycles. The molecule has 288 valence electrons. The molecule has 0 aliphatic heterocycles. The van der Waals surface area contributed by atoms with Gasteiger partial charge in [0.1, 0.15) is 40.9 Å². The maximum Gasteiger partial charge on any atom is 0.290 e. The molecular formula is C38H34ClF6N7O3. The number of alkyl halides is 4. The van der Waals surface area contributed by atoms with Gasteiger partial charge in [0, 0.05) is 42.6 Å². The number of nitrogens with one attached hydrogen (secondary N) is 2. The molecule has 55 heavy (non-hydrogen) atoms. The number of nitrogens with zero attached hydrogens (tertiary/aromatic N) is 5. The molecule has 5 aromatic rings. The number of anilines is 1. The molecule has 2 aromatic carbocycles. The standard InChI is InChI=1S/C38H34ClF6N7O3/c1-5-28(53)48-36-30-26(39)9-8-24(33(30)51(4)50-36)23-7-6-22(10-12-37(2,3)55)46-31(23)27(16-19-14-20(40)17-21(41)15-19)47-29(54)18-52-34-25(11-13-38(34,44)45)32(49-52)35(42)43/h6-9,14-15,17,27,35,55H,5,11,13,16,18H2,1-4H3,(H,47,54)(H,48,50,53). The summed E-state index contributed by atoms with van der Waals surface area (Å²) >= 11 is 6.64. The second-order valence-electron chi connectivity index (χ2n) is 13.6. The monoisotopic (exact) mass is 785 g/mol. The Hall–Kier alpha value is -5.40. The smallest absolute Gasteiger partial charge is 0.290 e. The van der Waals surface area contributed by atoms with Crippen LogP contribution in [0.15, 0.2) is 42.5 Å². The number of hydrogen-bond donors (Lipinski definition) is 3. The lowest BCUT2D eigenvalue weighted by atomic mass is 9.93. The van der Waals surface area contributed by atoms with Crippen molar-refractivity contribution in [3.63, 3.8) is 0 Å². The highest BCUT2D eigenvalue weighted by Gasteiger charge is 2.46. The predicted octanol–water partition coefficient (Wildman–Crippen LogP) is 7.31. The molecule has 2 amide bonds. The number of aliphatic hydroxyl groups is 1. The fraction of sp³-hybridized carbons (Fsp3) is 0.342. The molecule has 0 fully saturated rings. The van der Waals surface area contributed by atoms with Crippen LogP contribution in [0, 0.1) is 23.5 Å². The van der Waals surface area contributed by atoms with Crippen molar-refractivity contribution in [1.29, 1.82) is 0 Å². The molecule has 10 nitrogen and oxygen atoms in total. The third-order valence-corrected chi connectivity index (χ3v) is 9.19. The number of pyridine rings is 1. The Morgan fingerprint density at radius 2 is 1.73 bits per heavy atom. The number of rotatable bonds is 10. The first-order valence-corrected chi connectivity index (χ1v) is 17.4. The Balaban J connectivity index is 1.53. The van der Waals surface area contributed by atoms with Gasteiger partial charge in [-0.2, -0.15) is 19.0 Å². The van der Waals surface area contributed by atoms with E-state index in [1.54, 1.807) is 32.2 Å². The first-order valence-electron chi connectivity index (χ1n) is 17.1. The number of hydrogen-bond acceptors (Lipinski definition) is 6. The number of carbonyl (C=O) groups is 2. The van der Waals surface area contributed by atoms with Crippen LogP contribution in [0.3, 0.4) is 0 Å². The minimum absolute atomic E-state index is 0.0707. The van der Waals surface area contributed by atoms with E-state index in [1.165, 1.54) is 24.6 Å². The average molecular weight is 786 g/mol. The fourth-order valence-corrected chi connectivity index (χ4v) is 6.82. The molecule has 1 atom stereocenters. The first kappa shape index (κ1) is 39.3. The van der Waals surface area contributed by atoms with E-state index in [1.807, 2.05) is 0 Å². The van der Waals surface area contributed by atoms with E-state index in [2.05, 4.69) is 32.7 Å². The predicted molar refractivity (Wildman–Crippen MR) is 191 cm³/mol. The number of carbonyl (C=O) groups excluding carboxylic acids is 2. The zero-order valence-electron chi connectivity index (χ0n) is 29.9. The van der Waals surface area contributed by atoms with Crippen LogP contribution in [0.1, 0.15) is 80.0 Å². The van der Waals surface area contributed by atoms with Crippen LogP contribution >= 0.6 is 11.6 Å². The molecule has 0 spiro atoms. The Bertz CT molecular complexity index is 2370. The van der Waals surface area contributed by atoms with Crippen LogP contribution in [0.25, 0.3) is 22.0 Å². The normalized spacial score (nSPS) is 14.1. The molecule has 1 unspecified atom stereocenters. The van der Waals surface area contributed by atoms with Gasteiger partial charge in [0.2, 0.25) is 11.8 Å². The number of fused-ring (bicyclic) bond motifs is 2. The van der Waals surface area contributed by atoms with Crippen molar-refractivity contribution in [2.24, 2.45) is 7.05 Å². The van der Waals surface area contributed by atoms with Crippen molar-refractivity contribution in [2.75, 3.05) is 5.32 Å². The van der Waals surface area contributed by atoms with E-state index in [9.17, 15) is 41.0 Å². The Morgan fingerprint density at radius 3 is 2.38 bits per heavy atom. The van der Waals surface area contributed by atoms with Crippen molar-refractivity contribution in [3.8, 4) is 23.0 Å². The summed E-state index contributed by atoms with van der Waals surface area (Å²) in [4.78, 5) is 30.9. The van der Waals surface area contributed by atoms with Crippen LogP contribution in [-0.2, 0) is 41.9 Å². The molecule has 3 N–H and O–H groups in total. The Kier molecular flexibility index (Phi) is 10.7. The van der Waals surface area contributed by atoms with Gasteiger partial charge < -0.3 is 15.7 Å². The highest BCUT2D eigenvalue weighted by Crippen LogP contribution is 2.45. The van der Waals surface area contributed by atoms with E-state index in [-0.39, 0.29) is 58.5 Å². The minimum atomic E-state index is -3.52. The summed E-state index contributed by atoms with van der Waals surface area (Å²) in [6.07, 6.45) is -4.40. The first-order chi connectivity index (χ1) is 25.8. The SMILES string of the molecule is CCC(=O)Nc1nn(C)c2c(-c3ccc(C#CC(C)(C)O)nc3C(Cc3cc(F)cc(F)c3)NC(=O)Cn3nc(C(F)F)c4c3C(F)(F)CC4)ccc(Cl)c12. The van der Waals surface area contributed by atoms with E-state index in [0.717, 1.165) is 12.1 Å². The molecule has 6 rings (SSSR count). The fourth-order valence-electron chi connectivity index (χ4n) is 6.58. The summed E-state index contributed by atoms with van der Waals surface area (Å²) in [5, 5.41) is 24.5. The number of aryl methyl sites for hydroxylation is 1. The summed E-state index contributed by atoms with van der Waals surface area (Å²) in [6.45, 7) is 3.66. The zero-order valence-corrected chi connectivity index (χ0v) is 30.6. The Morgan fingerprint density at radius 1 is 1.04 bits per heavy atom. The Labute approximate surface area is 315 Å². The van der Waals surface area contributed by atoms with Crippen LogP contribution in [0.4, 0.5) is 32.2 Å². The number of benzene rings is 2. The number of aromatic nitrogens is 5. The largest absolute Gasteiger partial charge is 0.378 e. The summed E-state index contributed by atoms with van der Waals surface area (Å²) < 4.78 is 88.6. The highest BCUT2D eigenvalue weighted by molar-refractivity contribution is 6.37. The highest BCUT2D eigenvalue weighted by atomic mass is 35.5. The number of halogens is 7. The van der Waals surface area contributed by atoms with Gasteiger partial charge in [0.05, 0.1) is 27.7 Å². The van der Waals surface area contributed by atoms with Gasteiger partial charge in [-0.3, -0.25) is 19.0 Å². The average Bonchev–Trinajstić information content (AvgIpc) is 3.74. The van der Waals surface area contributed by atoms with E-state index in [0.29, 0.717) is 32.8 Å². The molecule has 3 aromatic heterocycles. The molecule has 3 heterocycles. The topological polar surface area (TPSA) is 127 Å². The second-order valence-corrected chi connectivity index (χ2v) is 14.0. The summed E-state index contributed by atoms with van der Waals surface area (Å²) in [7, 11) is 1.61. The molecule has 0 radical (unpaired) electrons. The molecule has 0 saturated carbocycles. The van der Waals surface area contributed by atoms with Crippen LogP contribution < -0.4 is 10.6 Å². The maximum absolute atomic E-state index is 14.9. The summed E-state index contributed by atoms with van der Waals surface area (Å²) in [5.41, 5.74) is -1.93. The molecule has 1 aliphatic carbocycles. The molecule has 17 heteroatoms. The van der Waals surface area contributed by atoms with Gasteiger partial charge in [-0.15, -0.1) is 0 Å². The summed E-state index contributed by atoms with van der Waals surface area (Å²) in [5.74, 6) is -1.03. The van der Waals surface area contributed by atoms with Gasteiger partial charge >= 0.3 is 0 Å². The molecular weight excluding hydrogens is 752 g/mol. The van der Waals surface area contributed by atoms with E-state index >= 15 is 0 Å². The minimum Gasteiger partial charge on any atom is -0.378 e. The lowest BCUT2D eigenvalue weighted by molar-refractivity contribution is -0.123. The van der Waals surface area contributed by atoms with Crippen LogP contribution in [0.2, 0.25) is 5.02 Å². The van der Waals surface area contributed by atoms with Crippen molar-refractivity contribution < 1.29 is 41.0 Å². The van der Waals surface area contributed by atoms with Crippen molar-refractivity contribution in [1.82, 2.24) is 29.9 Å². The molecule has 1 aliphatic rings. The third-order valence-electron chi connectivity index (χ3n) is 8.87. The van der Waals surface area contributed by atoms with Gasteiger partial charge in [0.25, 0.3) is 12.3 Å². The second kappa shape index (κ2) is 15.0. The number of amides is 2. The lowest BCUT2D eigenvalue weighted by Crippen LogP contribution is -2.35. The lowest BCUT2D eigenvalue weighted by Gasteiger charge is -2.23. The van der Waals surface area contributed by atoms with Gasteiger partial charge in [-0.05, 0) is 68.5 Å². The third kappa shape index (κ3) is 8.32. The van der Waals surface area contributed by atoms with Gasteiger partial charge in [-0.25, -0.2) is 22.5 Å². The summed E-state index contributed by atoms with van der Waals surface area (Å²) in [6, 6.07) is 7.82. The van der Waals surface area contributed by atoms with Crippen LogP contribution in [0.5, 0.6) is 0 Å². The quantitative estimate of drug-likeness (QED) is 0.101. The van der Waals surface area contributed by atoms with E-state index < -0.39 is 65.9 Å². The molecule has 0 bridgehead atoms. The van der Waals surface area contributed by atoms with Gasteiger partial charge in [0.15, 0.2) is 5.82 Å². The maximum atomic E-state index is 14.9. The van der Waals surface area contributed by atoms with Crippen molar-refractivity contribution in [3.05, 3.63) is 93.0 Å². The van der Waals surface area contributed by atoms with Gasteiger partial charge in [-0.1, -0.05) is 30.5 Å². The zero-order chi connectivity index (χ0) is 40.0. The van der Waals surface area contributed by atoms with Crippen molar-refractivity contribution >= 4 is 40.1 Å². The van der Waals surface area contributed by atoms with Crippen LogP contribution in [-0.4, -0.2) is 47.1 Å².